The number of aliphatic hydroxyl groups excluding tert-OH is 1. The van der Waals surface area contributed by atoms with Gasteiger partial charge in [-0.2, -0.15) is 5.10 Å². The molecule has 0 amide bonds. The molecule has 0 radical (unpaired) electrons. The van der Waals surface area contributed by atoms with Crippen LogP contribution in [0.1, 0.15) is 28.9 Å². The molecule has 172 valence electrons. The average Bonchev–Trinajstić information content (AvgIpc) is 3.39. The van der Waals surface area contributed by atoms with Crippen molar-refractivity contribution in [2.45, 2.75) is 27.0 Å². The van der Waals surface area contributed by atoms with Gasteiger partial charge in [0.25, 0.3) is 0 Å². The van der Waals surface area contributed by atoms with Gasteiger partial charge in [-0.15, -0.1) is 5.10 Å². The molecule has 0 saturated carbocycles. The number of nitrogens with zero attached hydrogens (tertiary/aromatic N) is 7. The number of rotatable bonds is 5. The maximum Gasteiger partial charge on any atom is 0.182 e. The van der Waals surface area contributed by atoms with Crippen molar-refractivity contribution < 1.29 is 9.50 Å². The van der Waals surface area contributed by atoms with E-state index in [2.05, 4.69) is 30.5 Å². The summed E-state index contributed by atoms with van der Waals surface area (Å²) in [6.45, 7) is 5.65. The molecule has 1 unspecified atom stereocenters. The minimum absolute atomic E-state index is 0.0893. The summed E-state index contributed by atoms with van der Waals surface area (Å²) in [6.07, 6.45) is 3.33. The number of fused-ring (bicyclic) bond motifs is 1. The first-order valence-electron chi connectivity index (χ1n) is 10.7. The molecule has 34 heavy (non-hydrogen) atoms. The molecule has 5 rings (SSSR count). The van der Waals surface area contributed by atoms with Gasteiger partial charge in [0.15, 0.2) is 23.5 Å². The van der Waals surface area contributed by atoms with Crippen molar-refractivity contribution in [1.29, 1.82) is 0 Å². The molecule has 4 aromatic heterocycles. The lowest BCUT2D eigenvalue weighted by molar-refractivity contribution is 0.198. The van der Waals surface area contributed by atoms with Crippen LogP contribution in [-0.2, 0) is 7.05 Å². The van der Waals surface area contributed by atoms with Gasteiger partial charge < -0.3 is 10.4 Å². The van der Waals surface area contributed by atoms with Crippen molar-refractivity contribution in [1.82, 2.24) is 34.3 Å². The fraction of sp³-hybridized carbons (Fsp3) is 0.208. The number of hydrogen-bond donors (Lipinski definition) is 2. The molecular formula is C24H23FN8O. The number of aromatic nitrogens is 7. The van der Waals surface area contributed by atoms with E-state index in [0.29, 0.717) is 34.2 Å². The largest absolute Gasteiger partial charge is 0.368 e. The van der Waals surface area contributed by atoms with E-state index in [-0.39, 0.29) is 5.69 Å². The van der Waals surface area contributed by atoms with Crippen LogP contribution in [0.5, 0.6) is 0 Å². The Morgan fingerprint density at radius 1 is 1.03 bits per heavy atom. The Morgan fingerprint density at radius 2 is 1.82 bits per heavy atom. The van der Waals surface area contributed by atoms with Gasteiger partial charge in [0, 0.05) is 30.4 Å². The topological polar surface area (TPSA) is 106 Å². The highest BCUT2D eigenvalue weighted by atomic mass is 19.1. The molecule has 0 saturated heterocycles. The minimum Gasteiger partial charge on any atom is -0.368 e. The molecule has 9 nitrogen and oxygen atoms in total. The second-order valence-electron chi connectivity index (χ2n) is 8.15. The number of pyridine rings is 1. The maximum atomic E-state index is 14.9. The van der Waals surface area contributed by atoms with E-state index in [1.54, 1.807) is 26.4 Å². The normalized spacial score (nSPS) is 12.3. The van der Waals surface area contributed by atoms with Gasteiger partial charge in [-0.05, 0) is 31.9 Å². The van der Waals surface area contributed by atoms with Crippen LogP contribution in [0.15, 0.2) is 48.9 Å². The number of benzene rings is 1. The Kier molecular flexibility index (Phi) is 5.29. The van der Waals surface area contributed by atoms with Crippen molar-refractivity contribution in [3.05, 3.63) is 77.4 Å². The number of halogens is 1. The molecule has 4 heterocycles. The highest BCUT2D eigenvalue weighted by Gasteiger charge is 2.22. The van der Waals surface area contributed by atoms with Crippen LogP contribution in [0.25, 0.3) is 28.3 Å². The fourth-order valence-electron chi connectivity index (χ4n) is 3.92. The fourth-order valence-corrected chi connectivity index (χ4v) is 3.92. The first-order valence-corrected chi connectivity index (χ1v) is 10.7. The van der Waals surface area contributed by atoms with Gasteiger partial charge in [0.1, 0.15) is 5.82 Å². The van der Waals surface area contributed by atoms with E-state index in [1.807, 2.05) is 38.1 Å². The third-order valence-corrected chi connectivity index (χ3v) is 5.69. The van der Waals surface area contributed by atoms with Crippen LogP contribution in [0.3, 0.4) is 0 Å². The summed E-state index contributed by atoms with van der Waals surface area (Å²) in [5.41, 5.74) is 5.01. The van der Waals surface area contributed by atoms with Gasteiger partial charge in [0.2, 0.25) is 0 Å². The van der Waals surface area contributed by atoms with Gasteiger partial charge in [-0.1, -0.05) is 24.3 Å². The summed E-state index contributed by atoms with van der Waals surface area (Å²) in [5, 5.41) is 22.6. The standard InChI is InChI=1S/C24H23FN8O/c1-13-7-5-6-8-16(13)23-30-20-9-19(18(25)12-33(20)31-23)29-24(34)22-17(11-27-32(22)4)21-14(2)10-26-15(3)28-21/h5-12,24,29,34H,1-4H3. The highest BCUT2D eigenvalue weighted by Crippen LogP contribution is 2.31. The zero-order valence-electron chi connectivity index (χ0n) is 19.2. The van der Waals surface area contributed by atoms with Crippen LogP contribution in [-0.4, -0.2) is 39.5 Å². The molecule has 5 aromatic rings. The molecule has 0 spiro atoms. The van der Waals surface area contributed by atoms with Gasteiger partial charge in [-0.25, -0.2) is 23.9 Å². The summed E-state index contributed by atoms with van der Waals surface area (Å²) in [7, 11) is 1.71. The van der Waals surface area contributed by atoms with E-state index < -0.39 is 12.0 Å². The van der Waals surface area contributed by atoms with Crippen molar-refractivity contribution in [2.24, 2.45) is 7.05 Å². The summed E-state index contributed by atoms with van der Waals surface area (Å²) < 4.78 is 17.9. The van der Waals surface area contributed by atoms with Gasteiger partial charge in [-0.3, -0.25) is 4.68 Å². The van der Waals surface area contributed by atoms with Gasteiger partial charge >= 0.3 is 0 Å². The maximum absolute atomic E-state index is 14.9. The van der Waals surface area contributed by atoms with Crippen LogP contribution < -0.4 is 5.32 Å². The Morgan fingerprint density at radius 3 is 2.62 bits per heavy atom. The second-order valence-corrected chi connectivity index (χ2v) is 8.15. The highest BCUT2D eigenvalue weighted by molar-refractivity contribution is 5.67. The monoisotopic (exact) mass is 458 g/mol. The van der Waals surface area contributed by atoms with Crippen LogP contribution in [0.2, 0.25) is 0 Å². The predicted molar refractivity (Wildman–Crippen MR) is 125 cm³/mol. The number of aliphatic hydroxyl groups is 1. The quantitative estimate of drug-likeness (QED) is 0.386. The van der Waals surface area contributed by atoms with Crippen molar-refractivity contribution >= 4 is 11.3 Å². The number of anilines is 1. The lowest BCUT2D eigenvalue weighted by atomic mass is 10.1. The average molecular weight is 459 g/mol. The first kappa shape index (κ1) is 21.7. The first-order chi connectivity index (χ1) is 16.3. The minimum atomic E-state index is -1.26. The summed E-state index contributed by atoms with van der Waals surface area (Å²) >= 11 is 0. The van der Waals surface area contributed by atoms with Crippen molar-refractivity contribution in [2.75, 3.05) is 5.32 Å². The Labute approximate surface area is 195 Å². The zero-order chi connectivity index (χ0) is 24.0. The van der Waals surface area contributed by atoms with E-state index in [0.717, 1.165) is 16.7 Å². The third-order valence-electron chi connectivity index (χ3n) is 5.69. The summed E-state index contributed by atoms with van der Waals surface area (Å²) in [4.78, 5) is 13.3. The molecule has 10 heteroatoms. The molecular weight excluding hydrogens is 435 g/mol. The van der Waals surface area contributed by atoms with E-state index in [1.165, 1.54) is 21.5 Å². The Hall–Kier alpha value is -4.18. The third kappa shape index (κ3) is 3.77. The Balaban J connectivity index is 1.50. The van der Waals surface area contributed by atoms with E-state index in [9.17, 15) is 9.50 Å². The number of hydrogen-bond acceptors (Lipinski definition) is 7. The molecule has 1 aromatic carbocycles. The molecule has 0 aliphatic heterocycles. The van der Waals surface area contributed by atoms with E-state index >= 15 is 0 Å². The molecule has 2 N–H and O–H groups in total. The predicted octanol–water partition coefficient (Wildman–Crippen LogP) is 3.75. The van der Waals surface area contributed by atoms with Crippen LogP contribution >= 0.6 is 0 Å². The van der Waals surface area contributed by atoms with E-state index in [4.69, 9.17) is 0 Å². The molecule has 0 fully saturated rings. The molecule has 0 aliphatic carbocycles. The lowest BCUT2D eigenvalue weighted by Crippen LogP contribution is -2.16. The lowest BCUT2D eigenvalue weighted by Gasteiger charge is -2.17. The number of aryl methyl sites for hydroxylation is 4. The van der Waals surface area contributed by atoms with Crippen molar-refractivity contribution in [3.8, 4) is 22.6 Å². The molecule has 0 aliphatic rings. The molecule has 1 atom stereocenters. The zero-order valence-corrected chi connectivity index (χ0v) is 19.2. The van der Waals surface area contributed by atoms with Gasteiger partial charge in [0.05, 0.1) is 29.5 Å². The summed E-state index contributed by atoms with van der Waals surface area (Å²) in [5.74, 6) is 0.523. The SMILES string of the molecule is Cc1ncc(C)c(-c2cnn(C)c2C(O)Nc2cc3nc(-c4ccccc4C)nn3cc2F)n1. The Bertz CT molecular complexity index is 1520. The smallest absolute Gasteiger partial charge is 0.182 e. The number of nitrogens with one attached hydrogen (secondary N) is 1. The molecule has 0 bridgehead atoms. The second kappa shape index (κ2) is 8.31. The van der Waals surface area contributed by atoms with Crippen LogP contribution in [0, 0.1) is 26.6 Å². The van der Waals surface area contributed by atoms with Crippen molar-refractivity contribution in [3.63, 3.8) is 0 Å². The summed E-state index contributed by atoms with van der Waals surface area (Å²) in [6, 6.07) is 9.25. The van der Waals surface area contributed by atoms with Crippen LogP contribution in [0.4, 0.5) is 10.1 Å².